The van der Waals surface area contributed by atoms with Gasteiger partial charge >= 0.3 is 0 Å². The predicted octanol–water partition coefficient (Wildman–Crippen LogP) is 1.36. The third kappa shape index (κ3) is 3.71. The Morgan fingerprint density at radius 3 is 2.62 bits per heavy atom. The Labute approximate surface area is 95.7 Å². The minimum Gasteiger partial charge on any atom is -0.508 e. The lowest BCUT2D eigenvalue weighted by Crippen LogP contribution is -2.30. The molecule has 0 radical (unpaired) electrons. The van der Waals surface area contributed by atoms with Crippen molar-refractivity contribution in [2.24, 2.45) is 0 Å². The van der Waals surface area contributed by atoms with Crippen LogP contribution in [0.2, 0.25) is 0 Å². The molecule has 0 atom stereocenters. The third-order valence-corrected chi connectivity index (χ3v) is 3.09. The summed E-state index contributed by atoms with van der Waals surface area (Å²) in [6.07, 6.45) is 0.722. The van der Waals surface area contributed by atoms with E-state index in [0.717, 1.165) is 6.42 Å². The maximum Gasteiger partial charge on any atom is 0.299 e. The monoisotopic (exact) mass is 244 g/mol. The summed E-state index contributed by atoms with van der Waals surface area (Å²) >= 11 is 0. The van der Waals surface area contributed by atoms with E-state index in [2.05, 4.69) is 9.44 Å². The first kappa shape index (κ1) is 12.8. The van der Waals surface area contributed by atoms with Crippen molar-refractivity contribution in [2.45, 2.75) is 20.3 Å². The fourth-order valence-corrected chi connectivity index (χ4v) is 2.08. The summed E-state index contributed by atoms with van der Waals surface area (Å²) in [4.78, 5) is 0. The van der Waals surface area contributed by atoms with Gasteiger partial charge < -0.3 is 5.11 Å². The zero-order chi connectivity index (χ0) is 12.2. The van der Waals surface area contributed by atoms with Gasteiger partial charge in [-0.15, -0.1) is 0 Å². The summed E-state index contributed by atoms with van der Waals surface area (Å²) in [5.74, 6) is 0.0655. The van der Waals surface area contributed by atoms with Crippen molar-refractivity contribution in [1.29, 1.82) is 0 Å². The van der Waals surface area contributed by atoms with Gasteiger partial charge in [0, 0.05) is 12.6 Å². The maximum atomic E-state index is 11.5. The Balaban J connectivity index is 2.76. The molecule has 0 aliphatic rings. The van der Waals surface area contributed by atoms with Crippen LogP contribution < -0.4 is 9.44 Å². The molecule has 16 heavy (non-hydrogen) atoms. The molecule has 0 aliphatic carbocycles. The van der Waals surface area contributed by atoms with Crippen LogP contribution in [-0.2, 0) is 10.2 Å². The molecule has 0 aromatic heterocycles. The second kappa shape index (κ2) is 5.18. The van der Waals surface area contributed by atoms with Gasteiger partial charge in [-0.1, -0.05) is 13.0 Å². The van der Waals surface area contributed by atoms with Crippen molar-refractivity contribution >= 4 is 15.9 Å². The zero-order valence-electron chi connectivity index (χ0n) is 9.32. The van der Waals surface area contributed by atoms with E-state index in [1.165, 1.54) is 6.07 Å². The maximum absolute atomic E-state index is 11.5. The molecule has 5 nitrogen and oxygen atoms in total. The number of phenols is 1. The van der Waals surface area contributed by atoms with Gasteiger partial charge in [-0.25, -0.2) is 0 Å². The molecule has 0 aliphatic heterocycles. The van der Waals surface area contributed by atoms with Crippen molar-refractivity contribution in [2.75, 3.05) is 11.3 Å². The summed E-state index contributed by atoms with van der Waals surface area (Å²) in [7, 11) is -3.54. The number of aryl methyl sites for hydroxylation is 1. The molecule has 3 N–H and O–H groups in total. The Morgan fingerprint density at radius 2 is 2.06 bits per heavy atom. The largest absolute Gasteiger partial charge is 0.508 e. The molecule has 0 unspecified atom stereocenters. The number of hydrogen-bond donors (Lipinski definition) is 3. The first-order valence-corrected chi connectivity index (χ1v) is 6.50. The molecule has 0 fully saturated rings. The molecule has 6 heteroatoms. The molecule has 1 aromatic carbocycles. The first-order chi connectivity index (χ1) is 7.44. The lowest BCUT2D eigenvalue weighted by molar-refractivity contribution is 0.471. The minimum absolute atomic E-state index is 0.0655. The number of aromatic hydroxyl groups is 1. The van der Waals surface area contributed by atoms with Crippen molar-refractivity contribution in [3.8, 4) is 5.75 Å². The molecular formula is C10H16N2O3S. The minimum atomic E-state index is -3.54. The molecule has 1 aromatic rings. The number of anilines is 1. The highest BCUT2D eigenvalue weighted by Crippen LogP contribution is 2.21. The smallest absolute Gasteiger partial charge is 0.299 e. The van der Waals surface area contributed by atoms with Gasteiger partial charge in [0.1, 0.15) is 5.75 Å². The molecule has 0 spiro atoms. The molecule has 1 rings (SSSR count). The SMILES string of the molecule is CCCNS(=O)(=O)Nc1ccc(C)c(O)c1. The first-order valence-electron chi connectivity index (χ1n) is 5.01. The standard InChI is InChI=1S/C10H16N2O3S/c1-3-6-11-16(14,15)12-9-5-4-8(2)10(13)7-9/h4-5,7,11-13H,3,6H2,1-2H3. The average molecular weight is 244 g/mol. The van der Waals surface area contributed by atoms with Gasteiger partial charge in [0.25, 0.3) is 10.2 Å². The number of hydrogen-bond acceptors (Lipinski definition) is 3. The summed E-state index contributed by atoms with van der Waals surface area (Å²) in [5.41, 5.74) is 1.04. The fraction of sp³-hybridized carbons (Fsp3) is 0.400. The fourth-order valence-electron chi connectivity index (χ4n) is 1.10. The highest BCUT2D eigenvalue weighted by Gasteiger charge is 2.09. The van der Waals surface area contributed by atoms with Gasteiger partial charge in [0.05, 0.1) is 5.69 Å². The molecular weight excluding hydrogens is 228 g/mol. The van der Waals surface area contributed by atoms with Crippen LogP contribution in [0.5, 0.6) is 5.75 Å². The lowest BCUT2D eigenvalue weighted by Gasteiger charge is -2.09. The van der Waals surface area contributed by atoms with E-state index >= 15 is 0 Å². The highest BCUT2D eigenvalue weighted by molar-refractivity contribution is 7.90. The molecule has 90 valence electrons. The van der Waals surface area contributed by atoms with E-state index in [1.54, 1.807) is 19.1 Å². The second-order valence-corrected chi connectivity index (χ2v) is 5.00. The summed E-state index contributed by atoms with van der Waals surface area (Å²) in [6.45, 7) is 4.00. The summed E-state index contributed by atoms with van der Waals surface area (Å²) in [6, 6.07) is 4.62. The van der Waals surface area contributed by atoms with Crippen molar-refractivity contribution in [3.63, 3.8) is 0 Å². The topological polar surface area (TPSA) is 78.4 Å². The second-order valence-electron chi connectivity index (χ2n) is 3.50. The van der Waals surface area contributed by atoms with Crippen LogP contribution in [0, 0.1) is 6.92 Å². The van der Waals surface area contributed by atoms with E-state index in [0.29, 0.717) is 17.8 Å². The van der Waals surface area contributed by atoms with Crippen LogP contribution in [0.25, 0.3) is 0 Å². The van der Waals surface area contributed by atoms with E-state index in [9.17, 15) is 13.5 Å². The van der Waals surface area contributed by atoms with E-state index in [4.69, 9.17) is 0 Å². The van der Waals surface area contributed by atoms with Crippen molar-refractivity contribution in [3.05, 3.63) is 23.8 Å². The van der Waals surface area contributed by atoms with E-state index < -0.39 is 10.2 Å². The number of benzene rings is 1. The zero-order valence-corrected chi connectivity index (χ0v) is 10.1. The highest BCUT2D eigenvalue weighted by atomic mass is 32.2. The van der Waals surface area contributed by atoms with Gasteiger partial charge in [-0.2, -0.15) is 13.1 Å². The lowest BCUT2D eigenvalue weighted by atomic mass is 10.2. The van der Waals surface area contributed by atoms with Gasteiger partial charge in [-0.3, -0.25) is 4.72 Å². The van der Waals surface area contributed by atoms with E-state index in [1.807, 2.05) is 6.92 Å². The number of rotatable bonds is 5. The van der Waals surface area contributed by atoms with Crippen LogP contribution in [0.15, 0.2) is 18.2 Å². The third-order valence-electron chi connectivity index (χ3n) is 2.00. The quantitative estimate of drug-likeness (QED) is 0.731. The van der Waals surface area contributed by atoms with Crippen LogP contribution >= 0.6 is 0 Å². The van der Waals surface area contributed by atoms with Crippen molar-refractivity contribution in [1.82, 2.24) is 4.72 Å². The van der Waals surface area contributed by atoms with Crippen LogP contribution in [0.1, 0.15) is 18.9 Å². The Hall–Kier alpha value is -1.27. The Morgan fingerprint density at radius 1 is 1.38 bits per heavy atom. The number of phenolic OH excluding ortho intramolecular Hbond substituents is 1. The molecule has 0 saturated heterocycles. The van der Waals surface area contributed by atoms with Crippen LogP contribution in [0.3, 0.4) is 0 Å². The van der Waals surface area contributed by atoms with Crippen molar-refractivity contribution < 1.29 is 13.5 Å². The Bertz CT molecular complexity index is 457. The van der Waals surface area contributed by atoms with E-state index in [-0.39, 0.29) is 5.75 Å². The average Bonchev–Trinajstić information content (AvgIpc) is 2.20. The van der Waals surface area contributed by atoms with Crippen LogP contribution in [0.4, 0.5) is 5.69 Å². The van der Waals surface area contributed by atoms with Gasteiger partial charge in [0.2, 0.25) is 0 Å². The Kier molecular flexibility index (Phi) is 4.14. The molecule has 0 saturated carbocycles. The molecule has 0 amide bonds. The van der Waals surface area contributed by atoms with Gasteiger partial charge in [0.15, 0.2) is 0 Å². The number of nitrogens with one attached hydrogen (secondary N) is 2. The molecule has 0 bridgehead atoms. The van der Waals surface area contributed by atoms with Gasteiger partial charge in [-0.05, 0) is 25.0 Å². The normalized spacial score (nSPS) is 11.4. The summed E-state index contributed by atoms with van der Waals surface area (Å²) in [5, 5.41) is 9.42. The predicted molar refractivity (Wildman–Crippen MR) is 63.7 cm³/mol. The molecule has 0 heterocycles. The van der Waals surface area contributed by atoms with Crippen LogP contribution in [-0.4, -0.2) is 20.1 Å². The summed E-state index contributed by atoms with van der Waals surface area (Å²) < 4.78 is 27.6.